The first-order valence-corrected chi connectivity index (χ1v) is 7.53. The molecule has 0 spiro atoms. The van der Waals surface area contributed by atoms with Crippen molar-refractivity contribution in [2.24, 2.45) is 0 Å². The van der Waals surface area contributed by atoms with Crippen molar-refractivity contribution < 1.29 is 13.5 Å². The van der Waals surface area contributed by atoms with Crippen molar-refractivity contribution in [2.75, 3.05) is 23.4 Å². The Bertz CT molecular complexity index is 494. The number of aliphatic hydroxyl groups is 1. The number of aliphatic hydroxyl groups excluding tert-OH is 1. The quantitative estimate of drug-likeness (QED) is 0.733. The Labute approximate surface area is 105 Å². The van der Waals surface area contributed by atoms with Crippen molar-refractivity contribution in [3.8, 4) is 0 Å². The van der Waals surface area contributed by atoms with Crippen LogP contribution in [0, 0.1) is 0 Å². The summed E-state index contributed by atoms with van der Waals surface area (Å²) in [6.07, 6.45) is 0. The summed E-state index contributed by atoms with van der Waals surface area (Å²) in [5.41, 5.74) is 4.95. The summed E-state index contributed by atoms with van der Waals surface area (Å²) in [7, 11) is -3.42. The topological polar surface area (TPSA) is 105 Å². The third kappa shape index (κ3) is 3.08. The van der Waals surface area contributed by atoms with Gasteiger partial charge in [0.1, 0.15) is 9.90 Å². The number of anilines is 2. The molecule has 0 aliphatic carbocycles. The molecule has 0 unspecified atom stereocenters. The summed E-state index contributed by atoms with van der Waals surface area (Å²) in [4.78, 5) is 0.0338. The summed E-state index contributed by atoms with van der Waals surface area (Å²) >= 11 is 0.984. The van der Waals surface area contributed by atoms with Gasteiger partial charge in [0.2, 0.25) is 0 Å². The van der Waals surface area contributed by atoms with Gasteiger partial charge in [-0.1, -0.05) is 6.92 Å². The number of hydrogen-bond donors (Lipinski definition) is 3. The Morgan fingerprint density at radius 2 is 2.12 bits per heavy atom. The van der Waals surface area contributed by atoms with E-state index in [9.17, 15) is 8.42 Å². The molecule has 1 aromatic heterocycles. The van der Waals surface area contributed by atoms with Crippen molar-refractivity contribution >= 4 is 32.2 Å². The minimum Gasteiger partial charge on any atom is -0.394 e. The van der Waals surface area contributed by atoms with Gasteiger partial charge in [0.05, 0.1) is 17.9 Å². The number of hydrogen-bond acceptors (Lipinski definition) is 7. The highest BCUT2D eigenvalue weighted by Gasteiger charge is 2.27. The second-order valence-electron chi connectivity index (χ2n) is 4.30. The van der Waals surface area contributed by atoms with Gasteiger partial charge in [-0.15, -0.1) is 0 Å². The van der Waals surface area contributed by atoms with Gasteiger partial charge in [-0.25, -0.2) is 8.42 Å². The first-order valence-electron chi connectivity index (χ1n) is 5.10. The van der Waals surface area contributed by atoms with Crippen molar-refractivity contribution in [3.63, 3.8) is 0 Å². The maximum absolute atomic E-state index is 11.9. The van der Waals surface area contributed by atoms with Crippen LogP contribution in [0.2, 0.25) is 0 Å². The van der Waals surface area contributed by atoms with Gasteiger partial charge in [-0.2, -0.15) is 4.37 Å². The number of sulfone groups is 1. The highest BCUT2D eigenvalue weighted by molar-refractivity contribution is 7.91. The first kappa shape index (κ1) is 14.2. The summed E-state index contributed by atoms with van der Waals surface area (Å²) in [5.74, 6) is -0.0304. The lowest BCUT2D eigenvalue weighted by Crippen LogP contribution is -2.35. The highest BCUT2D eigenvalue weighted by atomic mass is 32.2. The summed E-state index contributed by atoms with van der Waals surface area (Å²) < 4.78 is 27.6. The van der Waals surface area contributed by atoms with E-state index in [2.05, 4.69) is 9.69 Å². The number of nitrogens with zero attached hydrogens (tertiary/aromatic N) is 1. The summed E-state index contributed by atoms with van der Waals surface area (Å²) in [6, 6.07) is 0. The van der Waals surface area contributed by atoms with E-state index in [1.165, 1.54) is 0 Å². The Hall–Kier alpha value is -0.860. The van der Waals surface area contributed by atoms with Crippen LogP contribution in [0.25, 0.3) is 0 Å². The second-order valence-corrected chi connectivity index (χ2v) is 7.28. The Balaban J connectivity index is 3.21. The Morgan fingerprint density at radius 1 is 1.53 bits per heavy atom. The predicted octanol–water partition coefficient (Wildman–Crippen LogP) is 0.702. The fraction of sp³-hybridized carbons (Fsp3) is 0.667. The fourth-order valence-electron chi connectivity index (χ4n) is 1.17. The van der Waals surface area contributed by atoms with E-state index < -0.39 is 15.4 Å². The van der Waals surface area contributed by atoms with Crippen LogP contribution in [0.5, 0.6) is 0 Å². The molecule has 4 N–H and O–H groups in total. The van der Waals surface area contributed by atoms with Crippen LogP contribution in [0.15, 0.2) is 4.90 Å². The molecule has 0 aliphatic rings. The van der Waals surface area contributed by atoms with E-state index in [0.717, 1.165) is 11.5 Å². The number of nitrogens with two attached hydrogens (primary N) is 1. The molecule has 6 nitrogen and oxygen atoms in total. The largest absolute Gasteiger partial charge is 0.394 e. The minimum absolute atomic E-state index is 0.00749. The van der Waals surface area contributed by atoms with Crippen LogP contribution in [-0.2, 0) is 9.84 Å². The molecule has 0 amide bonds. The monoisotopic (exact) mass is 279 g/mol. The van der Waals surface area contributed by atoms with Crippen LogP contribution >= 0.6 is 11.5 Å². The van der Waals surface area contributed by atoms with Crippen LogP contribution in [-0.4, -0.2) is 35.8 Å². The number of nitrogens with one attached hydrogen (secondary N) is 1. The molecule has 0 radical (unpaired) electrons. The molecule has 0 bridgehead atoms. The fourth-order valence-corrected chi connectivity index (χ4v) is 3.49. The SMILES string of the molecule is CCS(=O)(=O)c1c(N)nsc1NC(C)(C)CO. The average molecular weight is 279 g/mol. The van der Waals surface area contributed by atoms with Crippen molar-refractivity contribution in [2.45, 2.75) is 31.2 Å². The first-order chi connectivity index (χ1) is 7.73. The van der Waals surface area contributed by atoms with Crippen LogP contribution in [0.1, 0.15) is 20.8 Å². The van der Waals surface area contributed by atoms with Gasteiger partial charge in [-0.05, 0) is 25.4 Å². The summed E-state index contributed by atoms with van der Waals surface area (Å²) in [5, 5.41) is 12.5. The van der Waals surface area contributed by atoms with E-state index in [4.69, 9.17) is 10.8 Å². The lowest BCUT2D eigenvalue weighted by molar-refractivity contribution is 0.234. The lowest BCUT2D eigenvalue weighted by Gasteiger charge is -2.24. The maximum atomic E-state index is 11.9. The van der Waals surface area contributed by atoms with E-state index in [1.54, 1.807) is 20.8 Å². The molecule has 0 aromatic carbocycles. The van der Waals surface area contributed by atoms with E-state index in [1.807, 2.05) is 0 Å². The molecular weight excluding hydrogens is 262 g/mol. The molecule has 0 atom stereocenters. The van der Waals surface area contributed by atoms with Gasteiger partial charge in [0.15, 0.2) is 15.7 Å². The van der Waals surface area contributed by atoms with E-state index in [0.29, 0.717) is 5.00 Å². The average Bonchev–Trinajstić information content (AvgIpc) is 2.59. The van der Waals surface area contributed by atoms with E-state index in [-0.39, 0.29) is 23.1 Å². The van der Waals surface area contributed by atoms with Gasteiger partial charge in [0.25, 0.3) is 0 Å². The molecule has 0 fully saturated rings. The molecule has 0 aliphatic heterocycles. The van der Waals surface area contributed by atoms with Crippen LogP contribution in [0.3, 0.4) is 0 Å². The lowest BCUT2D eigenvalue weighted by atomic mass is 10.1. The van der Waals surface area contributed by atoms with Crippen molar-refractivity contribution in [3.05, 3.63) is 0 Å². The second kappa shape index (κ2) is 4.79. The van der Waals surface area contributed by atoms with Gasteiger partial charge in [-0.3, -0.25) is 0 Å². The zero-order valence-corrected chi connectivity index (χ0v) is 11.7. The van der Waals surface area contributed by atoms with Crippen LogP contribution < -0.4 is 11.1 Å². The highest BCUT2D eigenvalue weighted by Crippen LogP contribution is 2.33. The number of nitrogen functional groups attached to an aromatic ring is 1. The Kier molecular flexibility index (Phi) is 4.00. The molecule has 8 heteroatoms. The Morgan fingerprint density at radius 3 is 2.59 bits per heavy atom. The zero-order valence-electron chi connectivity index (χ0n) is 10.0. The molecular formula is C9H17N3O3S2. The molecule has 17 heavy (non-hydrogen) atoms. The van der Waals surface area contributed by atoms with E-state index >= 15 is 0 Å². The third-order valence-corrected chi connectivity index (χ3v) is 4.91. The molecule has 0 saturated heterocycles. The zero-order chi connectivity index (χ0) is 13.3. The molecule has 1 aromatic rings. The number of aromatic nitrogens is 1. The van der Waals surface area contributed by atoms with Crippen molar-refractivity contribution in [1.29, 1.82) is 0 Å². The van der Waals surface area contributed by atoms with Gasteiger partial charge >= 0.3 is 0 Å². The molecule has 98 valence electrons. The third-order valence-electron chi connectivity index (χ3n) is 2.21. The maximum Gasteiger partial charge on any atom is 0.184 e. The predicted molar refractivity (Wildman–Crippen MR) is 69.0 cm³/mol. The standard InChI is InChI=1S/C9H17N3O3S2/c1-4-17(14,15)6-7(10)12-16-8(6)11-9(2,3)5-13/h11,13H,4-5H2,1-3H3,(H2,10,12). The molecule has 1 rings (SSSR count). The van der Waals surface area contributed by atoms with Gasteiger partial charge < -0.3 is 16.2 Å². The smallest absolute Gasteiger partial charge is 0.184 e. The number of rotatable bonds is 5. The molecule has 0 saturated carbocycles. The van der Waals surface area contributed by atoms with Gasteiger partial charge in [0, 0.05) is 0 Å². The molecule has 1 heterocycles. The van der Waals surface area contributed by atoms with Crippen molar-refractivity contribution in [1.82, 2.24) is 4.37 Å². The minimum atomic E-state index is -3.42. The summed E-state index contributed by atoms with van der Waals surface area (Å²) in [6.45, 7) is 4.93. The normalized spacial score (nSPS) is 12.7. The van der Waals surface area contributed by atoms with Crippen LogP contribution in [0.4, 0.5) is 10.8 Å².